The Labute approximate surface area is 131 Å². The summed E-state index contributed by atoms with van der Waals surface area (Å²) >= 11 is 5.99. The molecule has 0 spiro atoms. The highest BCUT2D eigenvalue weighted by molar-refractivity contribution is 7.86. The Bertz CT molecular complexity index is 552. The van der Waals surface area contributed by atoms with Gasteiger partial charge in [0.1, 0.15) is 0 Å². The highest BCUT2D eigenvalue weighted by atomic mass is 35.5. The van der Waals surface area contributed by atoms with Crippen molar-refractivity contribution in [3.63, 3.8) is 0 Å². The summed E-state index contributed by atoms with van der Waals surface area (Å²) in [5, 5.41) is 9.23. The second kappa shape index (κ2) is 8.54. The van der Waals surface area contributed by atoms with Gasteiger partial charge in [0.2, 0.25) is 0 Å². The average molecular weight is 333 g/mol. The van der Waals surface area contributed by atoms with Crippen LogP contribution in [-0.2, 0) is 14.3 Å². The van der Waals surface area contributed by atoms with Crippen molar-refractivity contribution in [2.75, 3.05) is 6.61 Å². The van der Waals surface area contributed by atoms with Crippen molar-refractivity contribution >= 4 is 21.7 Å². The van der Waals surface area contributed by atoms with Crippen molar-refractivity contribution in [3.05, 3.63) is 42.0 Å². The Hall–Kier alpha value is -0.880. The van der Waals surface area contributed by atoms with Crippen LogP contribution in [-0.4, -0.2) is 31.6 Å². The number of halogens is 1. The van der Waals surface area contributed by atoms with Gasteiger partial charge in [-0.3, -0.25) is 4.18 Å². The van der Waals surface area contributed by atoms with E-state index in [0.29, 0.717) is 6.42 Å². The molecule has 1 N–H and O–H groups in total. The maximum atomic E-state index is 11.9. The molecule has 1 aromatic rings. The van der Waals surface area contributed by atoms with E-state index in [4.69, 9.17) is 15.8 Å². The molecule has 0 heterocycles. The first-order valence-corrected chi connectivity index (χ1v) is 8.64. The van der Waals surface area contributed by atoms with E-state index in [1.54, 1.807) is 12.1 Å². The Balaban J connectivity index is 2.56. The van der Waals surface area contributed by atoms with Crippen LogP contribution in [0.3, 0.4) is 0 Å². The zero-order valence-corrected chi connectivity index (χ0v) is 13.8. The lowest BCUT2D eigenvalue weighted by Crippen LogP contribution is -2.27. The van der Waals surface area contributed by atoms with Crippen molar-refractivity contribution in [1.29, 1.82) is 0 Å². The second-order valence-corrected chi connectivity index (χ2v) is 6.93. The van der Waals surface area contributed by atoms with E-state index in [2.05, 4.69) is 0 Å². The molecule has 118 valence electrons. The van der Waals surface area contributed by atoms with E-state index >= 15 is 0 Å². The molecule has 4 nitrogen and oxygen atoms in total. The van der Waals surface area contributed by atoms with Crippen LogP contribution in [0.1, 0.15) is 25.3 Å². The summed E-state index contributed by atoms with van der Waals surface area (Å²) in [6.45, 7) is 3.50. The largest absolute Gasteiger partial charge is 0.389 e. The summed E-state index contributed by atoms with van der Waals surface area (Å²) in [5.74, 6) is 0. The number of rotatable bonds is 8. The summed E-state index contributed by atoms with van der Waals surface area (Å²) in [6, 6.07) is 6.32. The molecule has 0 unspecified atom stereocenters. The molecule has 0 aliphatic heterocycles. The van der Waals surface area contributed by atoms with Gasteiger partial charge in [-0.15, -0.1) is 11.6 Å². The number of benzene rings is 1. The van der Waals surface area contributed by atoms with Crippen molar-refractivity contribution < 1.29 is 17.7 Å². The molecular weight excluding hydrogens is 312 g/mol. The lowest BCUT2D eigenvalue weighted by atomic mass is 10.2. The minimum atomic E-state index is -3.87. The van der Waals surface area contributed by atoms with E-state index in [1.165, 1.54) is 12.1 Å². The second-order valence-electron chi connectivity index (χ2n) is 4.75. The van der Waals surface area contributed by atoms with Crippen LogP contribution in [0.15, 0.2) is 41.3 Å². The minimum absolute atomic E-state index is 0.0669. The molecule has 0 aliphatic rings. The number of aliphatic hydroxyl groups is 1. The first-order valence-electron chi connectivity index (χ1n) is 6.80. The Morgan fingerprint density at radius 3 is 2.48 bits per heavy atom. The monoisotopic (exact) mass is 332 g/mol. The smallest absolute Gasteiger partial charge is 0.297 e. The van der Waals surface area contributed by atoms with Crippen molar-refractivity contribution in [2.45, 2.75) is 43.1 Å². The Kier molecular flexibility index (Phi) is 7.39. The zero-order valence-electron chi connectivity index (χ0n) is 12.2. The van der Waals surface area contributed by atoms with Crippen LogP contribution in [0.25, 0.3) is 0 Å². The average Bonchev–Trinajstić information content (AvgIpc) is 2.45. The van der Waals surface area contributed by atoms with Gasteiger partial charge in [0, 0.05) is 0 Å². The van der Waals surface area contributed by atoms with Gasteiger partial charge in [-0.05, 0) is 31.9 Å². The standard InChI is InChI=1S/C15H21ClO4S/c1-3-4-5-6-14(16)15(17)11-20-21(18,19)13-9-7-12(2)8-10-13/h4-5,7-10,14-15,17H,3,6,11H2,1-2H3/b5-4-/t14-,15-/m1/s1. The summed E-state index contributed by atoms with van der Waals surface area (Å²) in [5.41, 5.74) is 0.956. The quantitative estimate of drug-likeness (QED) is 0.451. The van der Waals surface area contributed by atoms with Crippen molar-refractivity contribution in [2.24, 2.45) is 0 Å². The molecule has 0 saturated carbocycles. The molecule has 0 bridgehead atoms. The SMILES string of the molecule is CC/C=C\C[C@@H](Cl)[C@H](O)COS(=O)(=O)c1ccc(C)cc1. The summed E-state index contributed by atoms with van der Waals surface area (Å²) in [4.78, 5) is 0.0669. The van der Waals surface area contributed by atoms with Gasteiger partial charge in [-0.2, -0.15) is 8.42 Å². The predicted octanol–water partition coefficient (Wildman–Crippen LogP) is 3.02. The number of aryl methyl sites for hydroxylation is 1. The third kappa shape index (κ3) is 6.18. The van der Waals surface area contributed by atoms with Crippen LogP contribution < -0.4 is 0 Å². The highest BCUT2D eigenvalue weighted by Gasteiger charge is 2.21. The summed E-state index contributed by atoms with van der Waals surface area (Å²) in [7, 11) is -3.87. The Morgan fingerprint density at radius 1 is 1.29 bits per heavy atom. The van der Waals surface area contributed by atoms with Gasteiger partial charge < -0.3 is 5.11 Å². The van der Waals surface area contributed by atoms with Gasteiger partial charge in [0.25, 0.3) is 10.1 Å². The molecule has 1 aromatic carbocycles. The molecule has 0 fully saturated rings. The number of aliphatic hydroxyl groups excluding tert-OH is 1. The molecule has 6 heteroatoms. The topological polar surface area (TPSA) is 63.6 Å². The van der Waals surface area contributed by atoms with Gasteiger partial charge in [-0.1, -0.05) is 36.8 Å². The van der Waals surface area contributed by atoms with Crippen LogP contribution in [0.2, 0.25) is 0 Å². The fourth-order valence-corrected chi connectivity index (χ4v) is 2.69. The highest BCUT2D eigenvalue weighted by Crippen LogP contribution is 2.16. The normalized spacial score (nSPS) is 15.2. The van der Waals surface area contributed by atoms with Crippen LogP contribution in [0, 0.1) is 6.92 Å². The third-order valence-corrected chi connectivity index (χ3v) is 4.65. The molecule has 0 aromatic heterocycles. The lowest BCUT2D eigenvalue weighted by Gasteiger charge is -2.15. The van der Waals surface area contributed by atoms with E-state index in [1.807, 2.05) is 26.0 Å². The summed E-state index contributed by atoms with van der Waals surface area (Å²) < 4.78 is 28.7. The molecule has 0 saturated heterocycles. The van der Waals surface area contributed by atoms with Gasteiger partial charge in [0.15, 0.2) is 0 Å². The molecule has 2 atom stereocenters. The number of hydrogen-bond donors (Lipinski definition) is 1. The number of allylic oxidation sites excluding steroid dienone is 2. The van der Waals surface area contributed by atoms with E-state index in [0.717, 1.165) is 12.0 Å². The maximum absolute atomic E-state index is 11.9. The van der Waals surface area contributed by atoms with E-state index in [9.17, 15) is 13.5 Å². The maximum Gasteiger partial charge on any atom is 0.297 e. The van der Waals surface area contributed by atoms with E-state index < -0.39 is 21.6 Å². The molecule has 0 radical (unpaired) electrons. The van der Waals surface area contributed by atoms with Crippen molar-refractivity contribution in [1.82, 2.24) is 0 Å². The fourth-order valence-electron chi connectivity index (χ4n) is 1.59. The molecular formula is C15H21ClO4S. The van der Waals surface area contributed by atoms with Gasteiger partial charge >= 0.3 is 0 Å². The Morgan fingerprint density at radius 2 is 1.90 bits per heavy atom. The van der Waals surface area contributed by atoms with Gasteiger partial charge in [0.05, 0.1) is 23.0 Å². The summed E-state index contributed by atoms with van der Waals surface area (Å²) in [6.07, 6.45) is 4.09. The lowest BCUT2D eigenvalue weighted by molar-refractivity contribution is 0.107. The minimum Gasteiger partial charge on any atom is -0.389 e. The molecule has 1 rings (SSSR count). The van der Waals surface area contributed by atoms with Crippen LogP contribution in [0.4, 0.5) is 0 Å². The number of hydrogen-bond acceptors (Lipinski definition) is 4. The first-order chi connectivity index (χ1) is 9.86. The zero-order chi connectivity index (χ0) is 15.9. The molecule has 0 aliphatic carbocycles. The third-order valence-electron chi connectivity index (χ3n) is 2.88. The predicted molar refractivity (Wildman–Crippen MR) is 84.0 cm³/mol. The number of alkyl halides is 1. The molecule has 21 heavy (non-hydrogen) atoms. The molecule has 0 amide bonds. The van der Waals surface area contributed by atoms with Crippen molar-refractivity contribution in [3.8, 4) is 0 Å². The van der Waals surface area contributed by atoms with E-state index in [-0.39, 0.29) is 11.5 Å². The van der Waals surface area contributed by atoms with Crippen LogP contribution >= 0.6 is 11.6 Å². The van der Waals surface area contributed by atoms with Crippen LogP contribution in [0.5, 0.6) is 0 Å². The fraction of sp³-hybridized carbons (Fsp3) is 0.467. The first kappa shape index (κ1) is 18.2. The van der Waals surface area contributed by atoms with Gasteiger partial charge in [-0.25, -0.2) is 0 Å².